The minimum atomic E-state index is -4.03. The molecule has 0 N–H and O–H groups in total. The predicted octanol–water partition coefficient (Wildman–Crippen LogP) is 1.50. The van der Waals surface area contributed by atoms with Gasteiger partial charge in [0.25, 0.3) is 0 Å². The number of hydrogen-bond acceptors (Lipinski definition) is 1. The normalized spacial score (nSPS) is 26.1. The maximum Gasteiger partial charge on any atom is 0.396 e. The lowest BCUT2D eigenvalue weighted by molar-refractivity contribution is -0.256. The minimum Gasteiger partial charge on any atom is -0.305 e. The highest BCUT2D eigenvalue weighted by molar-refractivity contribution is 4.95. The summed E-state index contributed by atoms with van der Waals surface area (Å²) in [6, 6.07) is 0. The summed E-state index contributed by atoms with van der Waals surface area (Å²) in [5.41, 5.74) is -1.44. The number of halogens is 3. The van der Waals surface area contributed by atoms with Gasteiger partial charge in [-0.15, -0.1) is 0 Å². The molecule has 1 rings (SSSR count). The van der Waals surface area contributed by atoms with E-state index in [1.165, 1.54) is 6.92 Å². The summed E-state index contributed by atoms with van der Waals surface area (Å²) in [7, 11) is 1.69. The summed E-state index contributed by atoms with van der Waals surface area (Å²) < 4.78 is 36.1. The molecule has 0 aliphatic carbocycles. The highest BCUT2D eigenvalue weighted by Crippen LogP contribution is 2.44. The van der Waals surface area contributed by atoms with Crippen LogP contribution in [0.25, 0.3) is 0 Å². The molecule has 1 aliphatic heterocycles. The lowest BCUT2D eigenvalue weighted by atomic mass is 9.82. The van der Waals surface area contributed by atoms with Crippen LogP contribution in [0.5, 0.6) is 0 Å². The molecule has 0 aromatic carbocycles. The third-order valence-corrected chi connectivity index (χ3v) is 1.92. The Morgan fingerprint density at radius 2 is 1.70 bits per heavy atom. The van der Waals surface area contributed by atoms with Crippen molar-refractivity contribution in [2.45, 2.75) is 13.1 Å². The topological polar surface area (TPSA) is 3.24 Å². The van der Waals surface area contributed by atoms with Crippen LogP contribution >= 0.6 is 0 Å². The summed E-state index contributed by atoms with van der Waals surface area (Å²) in [5.74, 6) is 0. The van der Waals surface area contributed by atoms with Crippen molar-refractivity contribution in [3.8, 4) is 0 Å². The molecular weight excluding hydrogens is 143 g/mol. The Bertz CT molecular complexity index is 134. The summed E-state index contributed by atoms with van der Waals surface area (Å²) in [6.45, 7) is 1.53. The zero-order valence-electron chi connectivity index (χ0n) is 6.00. The van der Waals surface area contributed by atoms with Gasteiger partial charge in [-0.1, -0.05) is 0 Å². The van der Waals surface area contributed by atoms with Gasteiger partial charge >= 0.3 is 6.18 Å². The van der Waals surface area contributed by atoms with E-state index >= 15 is 0 Å². The Balaban J connectivity index is 2.57. The van der Waals surface area contributed by atoms with Crippen LogP contribution in [-0.4, -0.2) is 31.2 Å². The Morgan fingerprint density at radius 1 is 1.30 bits per heavy atom. The van der Waals surface area contributed by atoms with Crippen molar-refractivity contribution in [2.24, 2.45) is 5.41 Å². The van der Waals surface area contributed by atoms with Gasteiger partial charge in [0.05, 0.1) is 5.41 Å². The monoisotopic (exact) mass is 153 g/mol. The highest BCUT2D eigenvalue weighted by atomic mass is 19.4. The average molecular weight is 153 g/mol. The van der Waals surface area contributed by atoms with Crippen LogP contribution in [0.3, 0.4) is 0 Å². The van der Waals surface area contributed by atoms with Crippen molar-refractivity contribution in [1.29, 1.82) is 0 Å². The fourth-order valence-corrected chi connectivity index (χ4v) is 1.32. The molecule has 4 heteroatoms. The van der Waals surface area contributed by atoms with E-state index in [9.17, 15) is 13.2 Å². The van der Waals surface area contributed by atoms with E-state index in [4.69, 9.17) is 0 Å². The molecule has 1 aliphatic rings. The molecular formula is C6H10F3N. The standard InChI is InChI=1S/C6H10F3N/c1-5(6(7,8)9)3-10(2)4-5/h3-4H2,1-2H3. The summed E-state index contributed by atoms with van der Waals surface area (Å²) in [6.07, 6.45) is -4.03. The maximum atomic E-state index is 12.0. The third kappa shape index (κ3) is 1.00. The summed E-state index contributed by atoms with van der Waals surface area (Å²) in [4.78, 5) is 1.66. The lowest BCUT2D eigenvalue weighted by Crippen LogP contribution is -2.60. The molecule has 0 bridgehead atoms. The second-order valence-electron chi connectivity index (χ2n) is 3.23. The number of alkyl halides is 3. The number of hydrogen-bond donors (Lipinski definition) is 0. The SMILES string of the molecule is CN1CC(C)(C(F)(F)F)C1. The number of rotatable bonds is 0. The first-order chi connectivity index (χ1) is 4.35. The fraction of sp³-hybridized carbons (Fsp3) is 1.00. The van der Waals surface area contributed by atoms with Gasteiger partial charge in [-0.25, -0.2) is 0 Å². The molecule has 0 aromatic heterocycles. The van der Waals surface area contributed by atoms with Crippen LogP contribution in [0, 0.1) is 5.41 Å². The van der Waals surface area contributed by atoms with Crippen LogP contribution in [0.4, 0.5) is 13.2 Å². The first kappa shape index (κ1) is 7.85. The molecule has 0 unspecified atom stereocenters. The van der Waals surface area contributed by atoms with Gasteiger partial charge in [-0.3, -0.25) is 0 Å². The van der Waals surface area contributed by atoms with E-state index in [0.29, 0.717) is 0 Å². The first-order valence-electron chi connectivity index (χ1n) is 3.10. The largest absolute Gasteiger partial charge is 0.396 e. The van der Waals surface area contributed by atoms with Crippen LogP contribution in [0.15, 0.2) is 0 Å². The molecule has 60 valence electrons. The van der Waals surface area contributed by atoms with Gasteiger partial charge in [-0.05, 0) is 14.0 Å². The number of nitrogens with zero attached hydrogens (tertiary/aromatic N) is 1. The average Bonchev–Trinajstić information content (AvgIpc) is 1.58. The van der Waals surface area contributed by atoms with E-state index in [1.807, 2.05) is 0 Å². The van der Waals surface area contributed by atoms with Crippen molar-refractivity contribution in [3.05, 3.63) is 0 Å². The van der Waals surface area contributed by atoms with Crippen molar-refractivity contribution < 1.29 is 13.2 Å². The first-order valence-corrected chi connectivity index (χ1v) is 3.10. The molecule has 10 heavy (non-hydrogen) atoms. The Labute approximate surface area is 57.8 Å². The maximum absolute atomic E-state index is 12.0. The summed E-state index contributed by atoms with van der Waals surface area (Å²) in [5, 5.41) is 0. The minimum absolute atomic E-state index is 0.135. The molecule has 0 radical (unpaired) electrons. The highest BCUT2D eigenvalue weighted by Gasteiger charge is 2.56. The Morgan fingerprint density at radius 3 is 1.80 bits per heavy atom. The van der Waals surface area contributed by atoms with Gasteiger partial charge in [0.1, 0.15) is 0 Å². The zero-order chi connectivity index (χ0) is 7.99. The summed E-state index contributed by atoms with van der Waals surface area (Å²) >= 11 is 0. The van der Waals surface area contributed by atoms with Gasteiger partial charge in [-0.2, -0.15) is 13.2 Å². The molecule has 1 nitrogen and oxygen atoms in total. The van der Waals surface area contributed by atoms with Crippen LogP contribution < -0.4 is 0 Å². The predicted molar refractivity (Wildman–Crippen MR) is 31.7 cm³/mol. The second kappa shape index (κ2) is 1.87. The van der Waals surface area contributed by atoms with Crippen molar-refractivity contribution >= 4 is 0 Å². The van der Waals surface area contributed by atoms with Crippen LogP contribution in [-0.2, 0) is 0 Å². The molecule has 1 saturated heterocycles. The van der Waals surface area contributed by atoms with E-state index < -0.39 is 11.6 Å². The van der Waals surface area contributed by atoms with Crippen molar-refractivity contribution in [3.63, 3.8) is 0 Å². The molecule has 1 heterocycles. The zero-order valence-corrected chi connectivity index (χ0v) is 6.00. The quantitative estimate of drug-likeness (QED) is 0.509. The van der Waals surface area contributed by atoms with Crippen LogP contribution in [0.1, 0.15) is 6.92 Å². The second-order valence-corrected chi connectivity index (χ2v) is 3.23. The van der Waals surface area contributed by atoms with E-state index in [0.717, 1.165) is 0 Å². The lowest BCUT2D eigenvalue weighted by Gasteiger charge is -2.46. The Kier molecular flexibility index (Phi) is 1.47. The molecule has 1 fully saturated rings. The van der Waals surface area contributed by atoms with Crippen LogP contribution in [0.2, 0.25) is 0 Å². The van der Waals surface area contributed by atoms with Gasteiger partial charge in [0.15, 0.2) is 0 Å². The third-order valence-electron chi connectivity index (χ3n) is 1.92. The number of likely N-dealkylation sites (tertiary alicyclic amines) is 1. The molecule has 0 atom stereocenters. The van der Waals surface area contributed by atoms with Gasteiger partial charge in [0.2, 0.25) is 0 Å². The van der Waals surface area contributed by atoms with Crippen molar-refractivity contribution in [2.75, 3.05) is 20.1 Å². The van der Waals surface area contributed by atoms with E-state index in [-0.39, 0.29) is 13.1 Å². The Hall–Kier alpha value is -0.250. The fourth-order valence-electron chi connectivity index (χ4n) is 1.32. The molecule has 0 saturated carbocycles. The van der Waals surface area contributed by atoms with E-state index in [2.05, 4.69) is 0 Å². The van der Waals surface area contributed by atoms with Crippen molar-refractivity contribution in [1.82, 2.24) is 4.90 Å². The molecule has 0 amide bonds. The molecule has 0 spiro atoms. The molecule has 0 aromatic rings. The van der Waals surface area contributed by atoms with Gasteiger partial charge in [0, 0.05) is 13.1 Å². The van der Waals surface area contributed by atoms with E-state index in [1.54, 1.807) is 11.9 Å². The smallest absolute Gasteiger partial charge is 0.305 e. The van der Waals surface area contributed by atoms with Gasteiger partial charge < -0.3 is 4.90 Å².